The van der Waals surface area contributed by atoms with Gasteiger partial charge in [0, 0.05) is 35.9 Å². The number of benzene rings is 1. The zero-order chi connectivity index (χ0) is 19.0. The van der Waals surface area contributed by atoms with Crippen molar-refractivity contribution in [3.63, 3.8) is 0 Å². The Morgan fingerprint density at radius 2 is 1.96 bits per heavy atom. The molecule has 0 aliphatic carbocycles. The van der Waals surface area contributed by atoms with E-state index in [1.165, 1.54) is 0 Å². The van der Waals surface area contributed by atoms with Gasteiger partial charge in [0.1, 0.15) is 17.3 Å². The zero-order valence-electron chi connectivity index (χ0n) is 15.3. The van der Waals surface area contributed by atoms with Crippen molar-refractivity contribution in [2.75, 3.05) is 19.5 Å². The number of ether oxygens (including phenoxy) is 2. The van der Waals surface area contributed by atoms with E-state index in [4.69, 9.17) is 9.47 Å². The summed E-state index contributed by atoms with van der Waals surface area (Å²) in [4.78, 5) is 21.0. The Kier molecular flexibility index (Phi) is 4.23. The van der Waals surface area contributed by atoms with Crippen LogP contribution in [-0.2, 0) is 4.79 Å². The molecule has 1 aliphatic heterocycles. The third kappa shape index (κ3) is 2.88. The van der Waals surface area contributed by atoms with Gasteiger partial charge in [0.05, 0.1) is 19.9 Å². The van der Waals surface area contributed by atoms with E-state index >= 15 is 0 Å². The van der Waals surface area contributed by atoms with Crippen LogP contribution in [-0.4, -0.2) is 39.9 Å². The van der Waals surface area contributed by atoms with Crippen molar-refractivity contribution in [1.82, 2.24) is 19.7 Å². The van der Waals surface area contributed by atoms with Crippen molar-refractivity contribution in [2.45, 2.75) is 19.3 Å². The minimum atomic E-state index is -0.212. The fourth-order valence-corrected chi connectivity index (χ4v) is 3.47. The average Bonchev–Trinajstić information content (AvgIpc) is 3.03. The maximum absolute atomic E-state index is 12.5. The van der Waals surface area contributed by atoms with E-state index in [-0.39, 0.29) is 11.8 Å². The van der Waals surface area contributed by atoms with Crippen LogP contribution in [0.4, 0.5) is 5.82 Å². The van der Waals surface area contributed by atoms with Crippen LogP contribution < -0.4 is 14.8 Å². The first-order valence-electron chi connectivity index (χ1n) is 8.51. The molecule has 4 rings (SSSR count). The maximum atomic E-state index is 12.5. The predicted octanol–water partition coefficient (Wildman–Crippen LogP) is 2.46. The molecule has 0 saturated heterocycles. The number of methoxy groups -OCH3 is 2. The topological polar surface area (TPSA) is 91.2 Å². The lowest BCUT2D eigenvalue weighted by Crippen LogP contribution is -2.25. The molecular formula is C19H19N5O3. The Labute approximate surface area is 156 Å². The number of carbonyl (C=O) groups is 1. The van der Waals surface area contributed by atoms with E-state index in [1.54, 1.807) is 37.4 Å². The summed E-state index contributed by atoms with van der Waals surface area (Å²) in [7, 11) is 3.23. The van der Waals surface area contributed by atoms with Crippen LogP contribution in [0.3, 0.4) is 0 Å². The number of nitrogens with zero attached hydrogens (tertiary/aromatic N) is 4. The van der Waals surface area contributed by atoms with Crippen LogP contribution in [0.15, 0.2) is 36.7 Å². The van der Waals surface area contributed by atoms with Gasteiger partial charge in [-0.1, -0.05) is 0 Å². The van der Waals surface area contributed by atoms with Crippen molar-refractivity contribution in [3.05, 3.63) is 53.5 Å². The van der Waals surface area contributed by atoms with E-state index in [0.717, 1.165) is 16.8 Å². The summed E-state index contributed by atoms with van der Waals surface area (Å²) in [6.07, 6.45) is 3.57. The highest BCUT2D eigenvalue weighted by Gasteiger charge is 2.34. The number of rotatable bonds is 4. The fraction of sp³-hybridized carbons (Fsp3) is 0.263. The Balaban J connectivity index is 1.90. The normalized spacial score (nSPS) is 15.8. The molecule has 2 aromatic heterocycles. The van der Waals surface area contributed by atoms with E-state index in [1.807, 2.05) is 25.1 Å². The zero-order valence-corrected chi connectivity index (χ0v) is 15.3. The third-order valence-corrected chi connectivity index (χ3v) is 4.66. The predicted molar refractivity (Wildman–Crippen MR) is 98.5 cm³/mol. The number of hydrogen-bond acceptors (Lipinski definition) is 6. The Morgan fingerprint density at radius 3 is 2.67 bits per heavy atom. The van der Waals surface area contributed by atoms with Gasteiger partial charge in [0.15, 0.2) is 0 Å². The lowest BCUT2D eigenvalue weighted by molar-refractivity contribution is -0.116. The second kappa shape index (κ2) is 6.71. The van der Waals surface area contributed by atoms with Gasteiger partial charge in [-0.15, -0.1) is 0 Å². The third-order valence-electron chi connectivity index (χ3n) is 4.66. The summed E-state index contributed by atoms with van der Waals surface area (Å²) in [5.74, 6) is 2.08. The van der Waals surface area contributed by atoms with Crippen LogP contribution in [0.2, 0.25) is 0 Å². The van der Waals surface area contributed by atoms with Gasteiger partial charge in [-0.25, -0.2) is 9.97 Å². The number of aryl methyl sites for hydroxylation is 1. The first-order valence-corrected chi connectivity index (χ1v) is 8.51. The first-order chi connectivity index (χ1) is 13.1. The van der Waals surface area contributed by atoms with Gasteiger partial charge in [0.2, 0.25) is 5.91 Å². The summed E-state index contributed by atoms with van der Waals surface area (Å²) in [5.41, 5.74) is 2.60. The molecule has 1 atom stereocenters. The van der Waals surface area contributed by atoms with Gasteiger partial charge in [-0.3, -0.25) is 4.79 Å². The smallest absolute Gasteiger partial charge is 0.252 e. The Hall–Kier alpha value is -3.42. The highest BCUT2D eigenvalue weighted by Crippen LogP contribution is 2.43. The lowest BCUT2D eigenvalue weighted by Gasteiger charge is -2.25. The standard InChI is InChI=1S/C19H19N5O3/c1-11-17-14(13-9-12(26-2)5-6-15(13)27-3)10-16(25)22-18(17)24(23-11)19-20-7-4-8-21-19/h4-9,14H,10H2,1-3H3,(H,22,25)/t14-/m0/s1. The quantitative estimate of drug-likeness (QED) is 0.764. The molecule has 27 heavy (non-hydrogen) atoms. The second-order valence-electron chi connectivity index (χ2n) is 6.22. The number of fused-ring (bicyclic) bond motifs is 1. The van der Waals surface area contributed by atoms with Crippen LogP contribution >= 0.6 is 0 Å². The van der Waals surface area contributed by atoms with E-state index in [0.29, 0.717) is 29.7 Å². The molecule has 1 aliphatic rings. The van der Waals surface area contributed by atoms with E-state index < -0.39 is 0 Å². The van der Waals surface area contributed by atoms with Crippen LogP contribution in [0.25, 0.3) is 5.95 Å². The average molecular weight is 365 g/mol. The molecule has 0 bridgehead atoms. The van der Waals surface area contributed by atoms with E-state index in [2.05, 4.69) is 20.4 Å². The highest BCUT2D eigenvalue weighted by atomic mass is 16.5. The van der Waals surface area contributed by atoms with Crippen molar-refractivity contribution < 1.29 is 14.3 Å². The largest absolute Gasteiger partial charge is 0.497 e. The summed E-state index contributed by atoms with van der Waals surface area (Å²) >= 11 is 0. The number of carbonyl (C=O) groups excluding carboxylic acids is 1. The summed E-state index contributed by atoms with van der Waals surface area (Å²) in [5, 5.41) is 7.50. The van der Waals surface area contributed by atoms with Crippen molar-refractivity contribution >= 4 is 11.7 Å². The van der Waals surface area contributed by atoms with Crippen molar-refractivity contribution in [2.24, 2.45) is 0 Å². The molecule has 8 nitrogen and oxygen atoms in total. The number of anilines is 1. The molecule has 0 unspecified atom stereocenters. The van der Waals surface area contributed by atoms with Gasteiger partial charge in [-0.05, 0) is 31.2 Å². The minimum Gasteiger partial charge on any atom is -0.497 e. The SMILES string of the molecule is COc1ccc(OC)c([C@@H]2CC(=O)Nc3c2c(C)nn3-c2ncccn2)c1. The molecule has 3 aromatic rings. The Morgan fingerprint density at radius 1 is 1.19 bits per heavy atom. The molecule has 0 fully saturated rings. The fourth-order valence-electron chi connectivity index (χ4n) is 3.47. The molecule has 138 valence electrons. The van der Waals surface area contributed by atoms with Gasteiger partial charge in [0.25, 0.3) is 5.95 Å². The van der Waals surface area contributed by atoms with Gasteiger partial charge >= 0.3 is 0 Å². The van der Waals surface area contributed by atoms with Crippen LogP contribution in [0, 0.1) is 6.92 Å². The number of hydrogen-bond donors (Lipinski definition) is 1. The number of nitrogens with one attached hydrogen (secondary N) is 1. The first kappa shape index (κ1) is 17.0. The van der Waals surface area contributed by atoms with Crippen LogP contribution in [0.5, 0.6) is 11.5 Å². The van der Waals surface area contributed by atoms with Crippen LogP contribution in [0.1, 0.15) is 29.2 Å². The molecule has 8 heteroatoms. The summed E-state index contributed by atoms with van der Waals surface area (Å²) < 4.78 is 12.5. The second-order valence-corrected chi connectivity index (χ2v) is 6.22. The van der Waals surface area contributed by atoms with E-state index in [9.17, 15) is 4.79 Å². The minimum absolute atomic E-state index is 0.102. The molecule has 0 radical (unpaired) electrons. The van der Waals surface area contributed by atoms with Crippen molar-refractivity contribution in [3.8, 4) is 17.4 Å². The molecule has 0 saturated carbocycles. The number of amides is 1. The van der Waals surface area contributed by atoms with Crippen molar-refractivity contribution in [1.29, 1.82) is 0 Å². The molecular weight excluding hydrogens is 346 g/mol. The molecule has 3 heterocycles. The Bertz CT molecular complexity index is 1000. The molecule has 1 amide bonds. The highest BCUT2D eigenvalue weighted by molar-refractivity contribution is 5.95. The molecule has 1 aromatic carbocycles. The van der Waals surface area contributed by atoms with Gasteiger partial charge in [-0.2, -0.15) is 9.78 Å². The monoisotopic (exact) mass is 365 g/mol. The summed E-state index contributed by atoms with van der Waals surface area (Å²) in [6, 6.07) is 7.32. The summed E-state index contributed by atoms with van der Waals surface area (Å²) in [6.45, 7) is 1.91. The maximum Gasteiger partial charge on any atom is 0.252 e. The molecule has 1 N–H and O–H groups in total. The van der Waals surface area contributed by atoms with Gasteiger partial charge < -0.3 is 14.8 Å². The molecule has 0 spiro atoms. The lowest BCUT2D eigenvalue weighted by atomic mass is 9.85. The number of aromatic nitrogens is 4.